The normalized spacial score (nSPS) is 25.7. The summed E-state index contributed by atoms with van der Waals surface area (Å²) in [4.78, 5) is 14.0. The van der Waals surface area contributed by atoms with Crippen LogP contribution in [0.15, 0.2) is 24.3 Å². The summed E-state index contributed by atoms with van der Waals surface area (Å²) in [5, 5.41) is 2.80. The van der Waals surface area contributed by atoms with Gasteiger partial charge >= 0.3 is 6.03 Å². The second kappa shape index (κ2) is 7.77. The molecule has 1 heterocycles. The van der Waals surface area contributed by atoms with Crippen molar-refractivity contribution >= 4 is 16.8 Å². The standard InChI is InChI=1S/C16H23FN2O3S/c1-11(10-22-15-7-5-4-6-14(15)17)18-16(20)19-8-9-23(21)13(3)12(19)2/h4-7,11-13H,8-10H2,1-3H3,(H,18,20). The van der Waals surface area contributed by atoms with Crippen molar-refractivity contribution in [3.8, 4) is 5.75 Å². The van der Waals surface area contributed by atoms with E-state index in [-0.39, 0.29) is 35.7 Å². The number of nitrogens with zero attached hydrogens (tertiary/aromatic N) is 1. The topological polar surface area (TPSA) is 58.6 Å². The van der Waals surface area contributed by atoms with Crippen molar-refractivity contribution in [3.05, 3.63) is 30.1 Å². The molecule has 5 nitrogen and oxygen atoms in total. The number of rotatable bonds is 4. The average Bonchev–Trinajstić information content (AvgIpc) is 2.52. The van der Waals surface area contributed by atoms with Gasteiger partial charge in [0.05, 0.1) is 11.3 Å². The third kappa shape index (κ3) is 4.43. The molecule has 7 heteroatoms. The van der Waals surface area contributed by atoms with Crippen LogP contribution < -0.4 is 10.1 Å². The second-order valence-electron chi connectivity index (χ2n) is 5.82. The van der Waals surface area contributed by atoms with Gasteiger partial charge < -0.3 is 15.0 Å². The fourth-order valence-electron chi connectivity index (χ4n) is 2.45. The monoisotopic (exact) mass is 342 g/mol. The van der Waals surface area contributed by atoms with E-state index in [0.717, 1.165) is 0 Å². The second-order valence-corrected chi connectivity index (χ2v) is 7.73. The van der Waals surface area contributed by atoms with E-state index in [4.69, 9.17) is 4.74 Å². The van der Waals surface area contributed by atoms with Gasteiger partial charge in [0, 0.05) is 29.1 Å². The fraction of sp³-hybridized carbons (Fsp3) is 0.562. The summed E-state index contributed by atoms with van der Waals surface area (Å²) in [7, 11) is -0.884. The molecule has 0 spiro atoms. The molecule has 0 bridgehead atoms. The van der Waals surface area contributed by atoms with Gasteiger partial charge in [-0.15, -0.1) is 0 Å². The molecule has 1 aliphatic heterocycles. The van der Waals surface area contributed by atoms with Gasteiger partial charge in [-0.25, -0.2) is 9.18 Å². The minimum Gasteiger partial charge on any atom is -0.488 e. The molecule has 23 heavy (non-hydrogen) atoms. The third-order valence-corrected chi connectivity index (χ3v) is 5.88. The molecule has 2 rings (SSSR count). The molecule has 0 aliphatic carbocycles. The molecule has 0 saturated carbocycles. The molecule has 2 amide bonds. The van der Waals surface area contributed by atoms with Crippen molar-refractivity contribution in [2.24, 2.45) is 0 Å². The summed E-state index contributed by atoms with van der Waals surface area (Å²) in [5.41, 5.74) is 0. The maximum Gasteiger partial charge on any atom is 0.318 e. The van der Waals surface area contributed by atoms with Crippen molar-refractivity contribution in [2.45, 2.75) is 38.1 Å². The Kier molecular flexibility index (Phi) is 5.98. The smallest absolute Gasteiger partial charge is 0.318 e. The number of hydrogen-bond donors (Lipinski definition) is 1. The van der Waals surface area contributed by atoms with Crippen LogP contribution in [0, 0.1) is 5.82 Å². The van der Waals surface area contributed by atoms with Gasteiger partial charge in [-0.1, -0.05) is 12.1 Å². The molecule has 1 aliphatic rings. The molecule has 4 atom stereocenters. The Bertz CT molecular complexity index is 584. The zero-order valence-corrected chi connectivity index (χ0v) is 14.4. The zero-order chi connectivity index (χ0) is 17.0. The highest BCUT2D eigenvalue weighted by Gasteiger charge is 2.33. The van der Waals surface area contributed by atoms with Crippen molar-refractivity contribution in [2.75, 3.05) is 18.9 Å². The van der Waals surface area contributed by atoms with Gasteiger partial charge in [0.15, 0.2) is 11.6 Å². The van der Waals surface area contributed by atoms with Crippen LogP contribution in [0.4, 0.5) is 9.18 Å². The molecular weight excluding hydrogens is 319 g/mol. The highest BCUT2D eigenvalue weighted by Crippen LogP contribution is 2.17. The van der Waals surface area contributed by atoms with E-state index in [0.29, 0.717) is 12.3 Å². The third-order valence-electron chi connectivity index (χ3n) is 4.08. The summed E-state index contributed by atoms with van der Waals surface area (Å²) in [6.07, 6.45) is 0. The van der Waals surface area contributed by atoms with Gasteiger partial charge in [0.2, 0.25) is 0 Å². The Morgan fingerprint density at radius 1 is 1.48 bits per heavy atom. The lowest BCUT2D eigenvalue weighted by atomic mass is 10.2. The minimum absolute atomic E-state index is 0.0422. The summed E-state index contributed by atoms with van der Waals surface area (Å²) in [6, 6.07) is 5.62. The number of hydrogen-bond acceptors (Lipinski definition) is 3. The highest BCUT2D eigenvalue weighted by atomic mass is 32.2. The van der Waals surface area contributed by atoms with Crippen molar-refractivity contribution in [3.63, 3.8) is 0 Å². The maximum absolute atomic E-state index is 13.5. The Morgan fingerprint density at radius 3 is 2.87 bits per heavy atom. The van der Waals surface area contributed by atoms with Crippen molar-refractivity contribution in [1.29, 1.82) is 0 Å². The Balaban J connectivity index is 1.85. The van der Waals surface area contributed by atoms with Gasteiger partial charge in [-0.05, 0) is 32.9 Å². The molecule has 0 aromatic heterocycles. The van der Waals surface area contributed by atoms with E-state index in [1.54, 1.807) is 30.0 Å². The Morgan fingerprint density at radius 2 is 2.17 bits per heavy atom. The predicted octanol–water partition coefficient (Wildman–Crippen LogP) is 2.14. The summed E-state index contributed by atoms with van der Waals surface area (Å²) in [5.74, 6) is 0.245. The number of ether oxygens (including phenoxy) is 1. The van der Waals surface area contributed by atoms with E-state index in [2.05, 4.69) is 5.32 Å². The van der Waals surface area contributed by atoms with E-state index in [9.17, 15) is 13.4 Å². The first-order chi connectivity index (χ1) is 10.9. The van der Waals surface area contributed by atoms with E-state index in [1.165, 1.54) is 6.07 Å². The largest absolute Gasteiger partial charge is 0.488 e. The van der Waals surface area contributed by atoms with Crippen LogP contribution in [0.2, 0.25) is 0 Å². The van der Waals surface area contributed by atoms with Crippen LogP contribution in [-0.4, -0.2) is 51.4 Å². The van der Waals surface area contributed by atoms with E-state index in [1.807, 2.05) is 13.8 Å². The number of carbonyl (C=O) groups is 1. The molecule has 0 radical (unpaired) electrons. The first kappa shape index (κ1) is 17.7. The van der Waals surface area contributed by atoms with Crippen molar-refractivity contribution < 1.29 is 18.1 Å². The van der Waals surface area contributed by atoms with E-state index >= 15 is 0 Å². The van der Waals surface area contributed by atoms with Crippen LogP contribution >= 0.6 is 0 Å². The summed E-state index contributed by atoms with van der Waals surface area (Å²) < 4.78 is 30.7. The van der Waals surface area contributed by atoms with Gasteiger partial charge in [0.1, 0.15) is 6.61 Å². The van der Waals surface area contributed by atoms with Crippen LogP contribution in [0.3, 0.4) is 0 Å². The van der Waals surface area contributed by atoms with Crippen LogP contribution in [0.5, 0.6) is 5.75 Å². The maximum atomic E-state index is 13.5. The SMILES string of the molecule is CC(COc1ccccc1F)NC(=O)N1CCS(=O)C(C)C1C. The van der Waals surface area contributed by atoms with E-state index < -0.39 is 16.6 Å². The molecule has 1 N–H and O–H groups in total. The molecule has 1 aromatic rings. The number of amides is 2. The van der Waals surface area contributed by atoms with Crippen LogP contribution in [0.1, 0.15) is 20.8 Å². The molecular formula is C16H23FN2O3S. The molecule has 128 valence electrons. The number of urea groups is 1. The van der Waals surface area contributed by atoms with Crippen LogP contribution in [0.25, 0.3) is 0 Å². The lowest BCUT2D eigenvalue weighted by Crippen LogP contribution is -2.56. The predicted molar refractivity (Wildman–Crippen MR) is 88.5 cm³/mol. The van der Waals surface area contributed by atoms with Crippen LogP contribution in [-0.2, 0) is 10.8 Å². The lowest BCUT2D eigenvalue weighted by molar-refractivity contribution is 0.170. The summed E-state index contributed by atoms with van der Waals surface area (Å²) in [6.45, 7) is 6.25. The van der Waals surface area contributed by atoms with Crippen molar-refractivity contribution in [1.82, 2.24) is 10.2 Å². The van der Waals surface area contributed by atoms with Gasteiger partial charge in [0.25, 0.3) is 0 Å². The number of benzene rings is 1. The molecule has 1 saturated heterocycles. The fourth-order valence-corrected chi connectivity index (χ4v) is 3.78. The number of carbonyl (C=O) groups excluding carboxylic acids is 1. The lowest BCUT2D eigenvalue weighted by Gasteiger charge is -2.37. The van der Waals surface area contributed by atoms with Gasteiger partial charge in [-0.3, -0.25) is 4.21 Å². The molecule has 4 unspecified atom stereocenters. The first-order valence-corrected chi connectivity index (χ1v) is 9.10. The number of para-hydroxylation sites is 1. The molecule has 1 aromatic carbocycles. The Hall–Kier alpha value is -1.63. The highest BCUT2D eigenvalue weighted by molar-refractivity contribution is 7.85. The summed E-state index contributed by atoms with van der Waals surface area (Å²) >= 11 is 0. The average molecular weight is 342 g/mol. The minimum atomic E-state index is -0.884. The Labute approximate surface area is 138 Å². The first-order valence-electron chi connectivity index (χ1n) is 7.71. The number of nitrogens with one attached hydrogen (secondary N) is 1. The molecule has 1 fully saturated rings. The number of halogens is 1. The van der Waals surface area contributed by atoms with Gasteiger partial charge in [-0.2, -0.15) is 0 Å². The zero-order valence-electron chi connectivity index (χ0n) is 13.6. The quantitative estimate of drug-likeness (QED) is 0.912.